The molecule has 4 heteroatoms. The Labute approximate surface area is 120 Å². The average Bonchev–Trinajstić information content (AvgIpc) is 2.44. The molecule has 20 heavy (non-hydrogen) atoms. The number of hydrogen-bond acceptors (Lipinski definition) is 3. The highest BCUT2D eigenvalue weighted by molar-refractivity contribution is 5.94. The molecule has 0 atom stereocenters. The van der Waals surface area contributed by atoms with Gasteiger partial charge in [-0.2, -0.15) is 0 Å². The van der Waals surface area contributed by atoms with Gasteiger partial charge in [0.15, 0.2) is 0 Å². The van der Waals surface area contributed by atoms with Gasteiger partial charge in [-0.1, -0.05) is 25.7 Å². The Balaban J connectivity index is 2.52. The Kier molecular flexibility index (Phi) is 7.38. The van der Waals surface area contributed by atoms with Crippen LogP contribution in [0.5, 0.6) is 0 Å². The van der Waals surface area contributed by atoms with E-state index in [1.165, 1.54) is 6.20 Å². The van der Waals surface area contributed by atoms with Crippen molar-refractivity contribution in [3.8, 4) is 11.8 Å². The maximum absolute atomic E-state index is 11.9. The Morgan fingerprint density at radius 2 is 2.25 bits per heavy atom. The molecule has 0 saturated heterocycles. The molecule has 1 aromatic heterocycles. The maximum atomic E-state index is 11.9. The van der Waals surface area contributed by atoms with Crippen molar-refractivity contribution in [2.75, 3.05) is 13.2 Å². The molecule has 4 nitrogen and oxygen atoms in total. The molecule has 0 aromatic carbocycles. The first-order valence-corrected chi connectivity index (χ1v) is 6.96. The second-order valence-electron chi connectivity index (χ2n) is 5.03. The van der Waals surface area contributed by atoms with Crippen molar-refractivity contribution >= 4 is 5.91 Å². The minimum Gasteiger partial charge on any atom is -0.395 e. The van der Waals surface area contributed by atoms with Crippen LogP contribution in [0.1, 0.15) is 49.0 Å². The largest absolute Gasteiger partial charge is 0.395 e. The van der Waals surface area contributed by atoms with Gasteiger partial charge in [-0.3, -0.25) is 9.78 Å². The van der Waals surface area contributed by atoms with Gasteiger partial charge in [-0.05, 0) is 24.8 Å². The van der Waals surface area contributed by atoms with Gasteiger partial charge in [0.1, 0.15) is 0 Å². The highest BCUT2D eigenvalue weighted by Crippen LogP contribution is 2.04. The van der Waals surface area contributed by atoms with E-state index in [1.807, 2.05) is 0 Å². The van der Waals surface area contributed by atoms with Crippen LogP contribution >= 0.6 is 0 Å². The molecular weight excluding hydrogens is 252 g/mol. The summed E-state index contributed by atoms with van der Waals surface area (Å²) >= 11 is 0. The normalized spacial score (nSPS) is 10.0. The van der Waals surface area contributed by atoms with Crippen LogP contribution in [0.3, 0.4) is 0 Å². The second-order valence-corrected chi connectivity index (χ2v) is 5.03. The van der Waals surface area contributed by atoms with Crippen LogP contribution in [0.4, 0.5) is 0 Å². The van der Waals surface area contributed by atoms with Gasteiger partial charge in [0, 0.05) is 30.9 Å². The van der Waals surface area contributed by atoms with Crippen molar-refractivity contribution in [1.29, 1.82) is 0 Å². The van der Waals surface area contributed by atoms with Crippen LogP contribution in [-0.4, -0.2) is 29.1 Å². The number of hydrogen-bond donors (Lipinski definition) is 2. The summed E-state index contributed by atoms with van der Waals surface area (Å²) < 4.78 is 0. The summed E-state index contributed by atoms with van der Waals surface area (Å²) in [5.74, 6) is 6.21. The first-order valence-electron chi connectivity index (χ1n) is 6.96. The molecule has 108 valence electrons. The van der Waals surface area contributed by atoms with Crippen LogP contribution < -0.4 is 5.32 Å². The molecule has 2 N–H and O–H groups in total. The third-order valence-corrected chi connectivity index (χ3v) is 2.71. The molecule has 0 saturated carbocycles. The third-order valence-electron chi connectivity index (χ3n) is 2.71. The summed E-state index contributed by atoms with van der Waals surface area (Å²) in [5, 5.41) is 11.5. The van der Waals surface area contributed by atoms with E-state index in [1.54, 1.807) is 12.3 Å². The van der Waals surface area contributed by atoms with Gasteiger partial charge in [-0.15, -0.1) is 0 Å². The first-order chi connectivity index (χ1) is 9.63. The minimum absolute atomic E-state index is 0.0382. The number of aliphatic hydroxyl groups excluding tert-OH is 1. The molecule has 0 bridgehead atoms. The van der Waals surface area contributed by atoms with Crippen molar-refractivity contribution in [1.82, 2.24) is 10.3 Å². The number of carbonyl (C=O) groups excluding carboxylic acids is 1. The maximum Gasteiger partial charge on any atom is 0.252 e. The van der Waals surface area contributed by atoms with E-state index in [4.69, 9.17) is 5.11 Å². The van der Waals surface area contributed by atoms with E-state index in [-0.39, 0.29) is 12.5 Å². The molecule has 0 aliphatic rings. The SMILES string of the molecule is CC(C)CCCNC(=O)c1cncc(C#CCCO)c1. The Morgan fingerprint density at radius 1 is 1.45 bits per heavy atom. The van der Waals surface area contributed by atoms with E-state index < -0.39 is 0 Å². The number of carbonyl (C=O) groups is 1. The number of pyridine rings is 1. The lowest BCUT2D eigenvalue weighted by Crippen LogP contribution is -2.24. The lowest BCUT2D eigenvalue weighted by molar-refractivity contribution is 0.0952. The van der Waals surface area contributed by atoms with Crippen molar-refractivity contribution in [3.63, 3.8) is 0 Å². The molecule has 0 aliphatic heterocycles. The number of rotatable bonds is 6. The summed E-state index contributed by atoms with van der Waals surface area (Å²) in [5.41, 5.74) is 1.21. The van der Waals surface area contributed by atoms with Crippen molar-refractivity contribution < 1.29 is 9.90 Å². The molecule has 1 heterocycles. The van der Waals surface area contributed by atoms with Gasteiger partial charge in [0.25, 0.3) is 5.91 Å². The van der Waals surface area contributed by atoms with Gasteiger partial charge in [0.2, 0.25) is 0 Å². The van der Waals surface area contributed by atoms with Gasteiger partial charge >= 0.3 is 0 Å². The minimum atomic E-state index is -0.118. The molecule has 0 spiro atoms. The third kappa shape index (κ3) is 6.35. The quantitative estimate of drug-likeness (QED) is 0.616. The molecule has 1 rings (SSSR count). The van der Waals surface area contributed by atoms with E-state index in [9.17, 15) is 4.79 Å². The smallest absolute Gasteiger partial charge is 0.252 e. The van der Waals surface area contributed by atoms with E-state index >= 15 is 0 Å². The fraction of sp³-hybridized carbons (Fsp3) is 0.500. The molecule has 1 amide bonds. The summed E-state index contributed by atoms with van der Waals surface area (Å²) in [6, 6.07) is 1.72. The van der Waals surface area contributed by atoms with Crippen LogP contribution in [0.2, 0.25) is 0 Å². The highest BCUT2D eigenvalue weighted by Gasteiger charge is 2.05. The molecule has 0 aliphatic carbocycles. The van der Waals surface area contributed by atoms with E-state index in [2.05, 4.69) is 36.0 Å². The summed E-state index contributed by atoms with van der Waals surface area (Å²) in [4.78, 5) is 15.9. The molecule has 1 aromatic rings. The monoisotopic (exact) mass is 274 g/mol. The van der Waals surface area contributed by atoms with Gasteiger partial charge in [-0.25, -0.2) is 0 Å². The fourth-order valence-electron chi connectivity index (χ4n) is 1.67. The summed E-state index contributed by atoms with van der Waals surface area (Å²) in [6.45, 7) is 5.05. The topological polar surface area (TPSA) is 62.2 Å². The summed E-state index contributed by atoms with van der Waals surface area (Å²) in [6.07, 6.45) is 5.65. The van der Waals surface area contributed by atoms with Gasteiger partial charge in [0.05, 0.1) is 12.2 Å². The Hall–Kier alpha value is -1.86. The van der Waals surface area contributed by atoms with Gasteiger partial charge < -0.3 is 10.4 Å². The molecule has 0 unspecified atom stereocenters. The molecule has 0 radical (unpaired) electrons. The van der Waals surface area contributed by atoms with Crippen molar-refractivity contribution in [2.45, 2.75) is 33.1 Å². The lowest BCUT2D eigenvalue weighted by atomic mass is 10.1. The number of nitrogens with one attached hydrogen (secondary N) is 1. The second kappa shape index (κ2) is 9.11. The van der Waals surface area contributed by atoms with E-state index in [0.29, 0.717) is 30.0 Å². The Bertz CT molecular complexity index is 487. The zero-order valence-electron chi connectivity index (χ0n) is 12.1. The average molecular weight is 274 g/mol. The zero-order chi connectivity index (χ0) is 14.8. The van der Waals surface area contributed by atoms with Crippen molar-refractivity contribution in [2.24, 2.45) is 5.92 Å². The van der Waals surface area contributed by atoms with Crippen LogP contribution in [-0.2, 0) is 0 Å². The van der Waals surface area contributed by atoms with Crippen LogP contribution in [0.25, 0.3) is 0 Å². The first kappa shape index (κ1) is 16.2. The lowest BCUT2D eigenvalue weighted by Gasteiger charge is -2.06. The summed E-state index contributed by atoms with van der Waals surface area (Å²) in [7, 11) is 0. The highest BCUT2D eigenvalue weighted by atomic mass is 16.2. The number of nitrogens with zero attached hydrogens (tertiary/aromatic N) is 1. The fourth-order valence-corrected chi connectivity index (χ4v) is 1.67. The number of amides is 1. The predicted octanol–water partition coefficient (Wildman–Crippen LogP) is 1.98. The number of aliphatic hydroxyl groups is 1. The molecular formula is C16H22N2O2. The van der Waals surface area contributed by atoms with E-state index in [0.717, 1.165) is 12.8 Å². The van der Waals surface area contributed by atoms with Crippen LogP contribution in [0, 0.1) is 17.8 Å². The Morgan fingerprint density at radius 3 is 2.95 bits per heavy atom. The number of aromatic nitrogens is 1. The predicted molar refractivity (Wildman–Crippen MR) is 79.2 cm³/mol. The zero-order valence-corrected chi connectivity index (χ0v) is 12.1. The van der Waals surface area contributed by atoms with Crippen LogP contribution in [0.15, 0.2) is 18.5 Å². The standard InChI is InChI=1S/C16H22N2O2/c1-13(2)6-5-8-18-16(20)15-10-14(11-17-12-15)7-3-4-9-19/h10-13,19H,4-6,8-9H2,1-2H3,(H,18,20). The molecule has 0 fully saturated rings. The van der Waals surface area contributed by atoms with Crippen molar-refractivity contribution in [3.05, 3.63) is 29.6 Å².